The maximum atomic E-state index is 12.2. The number of ether oxygens (including phenoxy) is 1. The van der Waals surface area contributed by atoms with E-state index in [1.54, 1.807) is 36.0 Å². The summed E-state index contributed by atoms with van der Waals surface area (Å²) in [5, 5.41) is 17.8. The maximum Gasteiger partial charge on any atom is 0.265 e. The van der Waals surface area contributed by atoms with E-state index in [1.165, 1.54) is 6.20 Å². The van der Waals surface area contributed by atoms with Gasteiger partial charge in [-0.05, 0) is 50.5 Å². The van der Waals surface area contributed by atoms with E-state index in [0.29, 0.717) is 29.4 Å². The standard InChI is InChI=1S/C17H20ClN3O4/c1-11-8-13(18)5-6-15(11)25-12(2)17(24)20-14-9-19-21(10-14)7-3-4-16(22)23/h5-6,8-10,12H,3-4,7H2,1-2H3,(H,20,24)(H,22,23)/p-1/t12-/m1/s1. The number of anilines is 1. The van der Waals surface area contributed by atoms with Crippen molar-refractivity contribution in [2.24, 2.45) is 0 Å². The zero-order valence-corrected chi connectivity index (χ0v) is 14.7. The zero-order chi connectivity index (χ0) is 18.4. The summed E-state index contributed by atoms with van der Waals surface area (Å²) in [6, 6.07) is 5.18. The van der Waals surface area contributed by atoms with Gasteiger partial charge >= 0.3 is 0 Å². The van der Waals surface area contributed by atoms with Crippen LogP contribution in [0.3, 0.4) is 0 Å². The highest BCUT2D eigenvalue weighted by Gasteiger charge is 2.16. The molecule has 0 spiro atoms. The number of carboxylic acids is 1. The van der Waals surface area contributed by atoms with Gasteiger partial charge in [-0.25, -0.2) is 0 Å². The number of carbonyl (C=O) groups excluding carboxylic acids is 2. The second-order valence-corrected chi connectivity index (χ2v) is 6.06. The lowest BCUT2D eigenvalue weighted by Crippen LogP contribution is -2.30. The monoisotopic (exact) mass is 364 g/mol. The molecule has 1 aromatic heterocycles. The van der Waals surface area contributed by atoms with Gasteiger partial charge in [0.15, 0.2) is 6.10 Å². The highest BCUT2D eigenvalue weighted by molar-refractivity contribution is 6.30. The van der Waals surface area contributed by atoms with Gasteiger partial charge in [-0.3, -0.25) is 9.48 Å². The van der Waals surface area contributed by atoms with Crippen LogP contribution in [0.25, 0.3) is 0 Å². The van der Waals surface area contributed by atoms with Crippen LogP contribution in [0.15, 0.2) is 30.6 Å². The Bertz CT molecular complexity index is 760. The quantitative estimate of drug-likeness (QED) is 0.770. The van der Waals surface area contributed by atoms with Crippen LogP contribution in [-0.4, -0.2) is 27.8 Å². The number of amides is 1. The summed E-state index contributed by atoms with van der Waals surface area (Å²) in [6.45, 7) is 3.93. The number of aliphatic carboxylic acids is 1. The molecule has 0 bridgehead atoms. The van der Waals surface area contributed by atoms with Crippen molar-refractivity contribution in [1.29, 1.82) is 0 Å². The van der Waals surface area contributed by atoms with Crippen LogP contribution in [0.2, 0.25) is 5.02 Å². The smallest absolute Gasteiger partial charge is 0.265 e. The van der Waals surface area contributed by atoms with Crippen molar-refractivity contribution in [3.05, 3.63) is 41.2 Å². The number of nitrogens with one attached hydrogen (secondary N) is 1. The van der Waals surface area contributed by atoms with Crippen molar-refractivity contribution >= 4 is 29.2 Å². The van der Waals surface area contributed by atoms with Crippen LogP contribution < -0.4 is 15.2 Å². The molecule has 1 amide bonds. The fourth-order valence-corrected chi connectivity index (χ4v) is 2.40. The molecule has 25 heavy (non-hydrogen) atoms. The number of aryl methyl sites for hydroxylation is 2. The van der Waals surface area contributed by atoms with Crippen molar-refractivity contribution < 1.29 is 19.4 Å². The number of benzene rings is 1. The first kappa shape index (κ1) is 18.8. The highest BCUT2D eigenvalue weighted by atomic mass is 35.5. The third kappa shape index (κ3) is 5.79. The van der Waals surface area contributed by atoms with Crippen LogP contribution in [0.5, 0.6) is 5.75 Å². The predicted molar refractivity (Wildman–Crippen MR) is 91.4 cm³/mol. The molecule has 0 aliphatic rings. The fraction of sp³-hybridized carbons (Fsp3) is 0.353. The molecule has 2 rings (SSSR count). The average Bonchev–Trinajstić information content (AvgIpc) is 2.97. The highest BCUT2D eigenvalue weighted by Crippen LogP contribution is 2.23. The van der Waals surface area contributed by atoms with E-state index >= 15 is 0 Å². The molecular weight excluding hydrogens is 346 g/mol. The molecule has 134 valence electrons. The third-order valence-electron chi connectivity index (χ3n) is 3.48. The van der Waals surface area contributed by atoms with E-state index in [1.807, 2.05) is 6.92 Å². The molecule has 7 nitrogen and oxygen atoms in total. The number of rotatable bonds is 8. The number of carboxylic acid groups (broad SMARTS) is 1. The number of aromatic nitrogens is 2. The summed E-state index contributed by atoms with van der Waals surface area (Å²) in [5.74, 6) is -0.821. The molecule has 0 aliphatic carbocycles. The number of hydrogen-bond acceptors (Lipinski definition) is 5. The third-order valence-corrected chi connectivity index (χ3v) is 3.71. The van der Waals surface area contributed by atoms with Crippen LogP contribution in [0, 0.1) is 6.92 Å². The summed E-state index contributed by atoms with van der Waals surface area (Å²) in [6.07, 6.45) is 2.80. The molecule has 0 radical (unpaired) electrons. The van der Waals surface area contributed by atoms with Crippen molar-refractivity contribution in [2.75, 3.05) is 5.32 Å². The van der Waals surface area contributed by atoms with Gasteiger partial charge in [-0.15, -0.1) is 0 Å². The minimum Gasteiger partial charge on any atom is -0.550 e. The average molecular weight is 365 g/mol. The Labute approximate surface area is 150 Å². The van der Waals surface area contributed by atoms with Crippen LogP contribution in [0.4, 0.5) is 5.69 Å². The molecule has 0 saturated carbocycles. The van der Waals surface area contributed by atoms with Gasteiger partial charge in [0.1, 0.15) is 5.75 Å². The maximum absolute atomic E-state index is 12.2. The van der Waals surface area contributed by atoms with Crippen molar-refractivity contribution in [2.45, 2.75) is 39.3 Å². The van der Waals surface area contributed by atoms with Gasteiger partial charge in [0, 0.05) is 23.7 Å². The number of nitrogens with zero attached hydrogens (tertiary/aromatic N) is 2. The fourth-order valence-electron chi connectivity index (χ4n) is 2.17. The number of carbonyl (C=O) groups is 2. The van der Waals surface area contributed by atoms with Crippen molar-refractivity contribution in [3.63, 3.8) is 0 Å². The molecule has 1 heterocycles. The molecule has 1 N–H and O–H groups in total. The van der Waals surface area contributed by atoms with Crippen molar-refractivity contribution in [1.82, 2.24) is 9.78 Å². The summed E-state index contributed by atoms with van der Waals surface area (Å²) < 4.78 is 7.22. The Morgan fingerprint density at radius 2 is 2.20 bits per heavy atom. The van der Waals surface area contributed by atoms with Crippen LogP contribution in [0.1, 0.15) is 25.3 Å². The molecule has 0 fully saturated rings. The molecule has 8 heteroatoms. The van der Waals surface area contributed by atoms with E-state index in [9.17, 15) is 14.7 Å². The summed E-state index contributed by atoms with van der Waals surface area (Å²) in [4.78, 5) is 22.6. The molecule has 1 atom stereocenters. The molecule has 0 saturated heterocycles. The second kappa shape index (κ2) is 8.53. The Hall–Kier alpha value is -2.54. The molecule has 1 aromatic carbocycles. The first-order valence-corrected chi connectivity index (χ1v) is 8.19. The Morgan fingerprint density at radius 1 is 1.44 bits per heavy atom. The Morgan fingerprint density at radius 3 is 2.88 bits per heavy atom. The Kier molecular flexibility index (Phi) is 6.41. The van der Waals surface area contributed by atoms with Gasteiger partial charge in [-0.1, -0.05) is 11.6 Å². The predicted octanol–water partition coefficient (Wildman–Crippen LogP) is 1.78. The molecule has 0 aliphatic heterocycles. The van der Waals surface area contributed by atoms with E-state index in [0.717, 1.165) is 5.56 Å². The van der Waals surface area contributed by atoms with Crippen molar-refractivity contribution in [3.8, 4) is 5.75 Å². The minimum atomic E-state index is -1.09. The first-order chi connectivity index (χ1) is 11.8. The van der Waals surface area contributed by atoms with Crippen LogP contribution >= 0.6 is 11.6 Å². The van der Waals surface area contributed by atoms with E-state index in [2.05, 4.69) is 10.4 Å². The van der Waals surface area contributed by atoms with E-state index < -0.39 is 12.1 Å². The minimum absolute atomic E-state index is 0.0349. The molecule has 2 aromatic rings. The van der Waals surface area contributed by atoms with Gasteiger partial charge in [-0.2, -0.15) is 5.10 Å². The lowest BCUT2D eigenvalue weighted by Gasteiger charge is -2.15. The van der Waals surface area contributed by atoms with E-state index in [4.69, 9.17) is 16.3 Å². The topological polar surface area (TPSA) is 96.3 Å². The normalized spacial score (nSPS) is 11.8. The van der Waals surface area contributed by atoms with E-state index in [-0.39, 0.29) is 12.3 Å². The Balaban J connectivity index is 1.88. The SMILES string of the molecule is Cc1cc(Cl)ccc1O[C@H](C)C(=O)Nc1cnn(CCCC(=O)[O-])c1. The van der Waals surface area contributed by atoms with Gasteiger partial charge in [0.25, 0.3) is 5.91 Å². The lowest BCUT2D eigenvalue weighted by atomic mass is 10.2. The zero-order valence-electron chi connectivity index (χ0n) is 14.0. The van der Waals surface area contributed by atoms with Gasteiger partial charge < -0.3 is 20.0 Å². The number of halogens is 1. The summed E-state index contributed by atoms with van der Waals surface area (Å²) in [5.41, 5.74) is 1.36. The van der Waals surface area contributed by atoms with Gasteiger partial charge in [0.05, 0.1) is 11.9 Å². The lowest BCUT2D eigenvalue weighted by molar-refractivity contribution is -0.305. The summed E-state index contributed by atoms with van der Waals surface area (Å²) >= 11 is 5.90. The van der Waals surface area contributed by atoms with Gasteiger partial charge in [0.2, 0.25) is 0 Å². The van der Waals surface area contributed by atoms with Crippen LogP contribution in [-0.2, 0) is 16.1 Å². The second-order valence-electron chi connectivity index (χ2n) is 5.63. The summed E-state index contributed by atoms with van der Waals surface area (Å²) in [7, 11) is 0. The first-order valence-electron chi connectivity index (χ1n) is 7.81. The number of hydrogen-bond donors (Lipinski definition) is 1. The molecular formula is C17H19ClN3O4-. The largest absolute Gasteiger partial charge is 0.550 e. The molecule has 0 unspecified atom stereocenters.